The number of hydrogen-bond donors (Lipinski definition) is 0. The van der Waals surface area contributed by atoms with Crippen LogP contribution in [-0.2, 0) is 12.8 Å². The molecule has 1 aromatic heterocycles. The largest absolute Gasteiger partial charge is 0.269 e. The molecule has 1 heterocycles. The molecule has 0 saturated heterocycles. The Kier molecular flexibility index (Phi) is 4.56. The Morgan fingerprint density at radius 2 is 1.95 bits per heavy atom. The maximum absolute atomic E-state index is 10.6. The van der Waals surface area contributed by atoms with Crippen molar-refractivity contribution in [3.63, 3.8) is 0 Å². The molecule has 0 amide bonds. The molecule has 2 rings (SSSR count). The molecule has 2 aromatic rings. The molecule has 1 unspecified atom stereocenters. The van der Waals surface area contributed by atoms with E-state index in [2.05, 4.69) is 19.1 Å². The van der Waals surface area contributed by atoms with Gasteiger partial charge < -0.3 is 0 Å². The van der Waals surface area contributed by atoms with Crippen LogP contribution >= 0.6 is 22.9 Å². The summed E-state index contributed by atoms with van der Waals surface area (Å²) in [6.45, 7) is 2.12. The van der Waals surface area contributed by atoms with Crippen LogP contribution < -0.4 is 0 Å². The molecule has 3 nitrogen and oxygen atoms in total. The molecule has 1 atom stereocenters. The van der Waals surface area contributed by atoms with Gasteiger partial charge in [-0.2, -0.15) is 0 Å². The van der Waals surface area contributed by atoms with Gasteiger partial charge in [-0.15, -0.1) is 22.9 Å². The van der Waals surface area contributed by atoms with Gasteiger partial charge in [0.1, 0.15) is 0 Å². The lowest BCUT2D eigenvalue weighted by Gasteiger charge is -2.07. The third-order valence-electron chi connectivity index (χ3n) is 2.90. The maximum atomic E-state index is 10.6. The number of alkyl halides is 1. The van der Waals surface area contributed by atoms with E-state index in [1.165, 1.54) is 17.0 Å². The zero-order valence-corrected chi connectivity index (χ0v) is 12.1. The number of hydrogen-bond acceptors (Lipinski definition) is 3. The number of halogens is 1. The molecule has 100 valence electrons. The molecule has 0 radical (unpaired) electrons. The number of nitro groups is 1. The fourth-order valence-electron chi connectivity index (χ4n) is 1.81. The first-order valence-corrected chi connectivity index (χ1v) is 7.31. The third kappa shape index (κ3) is 3.55. The van der Waals surface area contributed by atoms with E-state index in [-0.39, 0.29) is 11.1 Å². The second-order valence-electron chi connectivity index (χ2n) is 4.25. The van der Waals surface area contributed by atoms with Crippen LogP contribution in [0.2, 0.25) is 0 Å². The predicted octanol–water partition coefficient (Wildman–Crippen LogP) is 4.74. The first-order valence-electron chi connectivity index (χ1n) is 6.06. The minimum Gasteiger partial charge on any atom is -0.258 e. The second-order valence-corrected chi connectivity index (χ2v) is 5.98. The lowest BCUT2D eigenvalue weighted by atomic mass is 10.1. The second kappa shape index (κ2) is 6.17. The third-order valence-corrected chi connectivity index (χ3v) is 4.76. The molecular weight excluding hydrogens is 282 g/mol. The highest BCUT2D eigenvalue weighted by atomic mass is 35.5. The van der Waals surface area contributed by atoms with E-state index >= 15 is 0 Å². The van der Waals surface area contributed by atoms with Crippen molar-refractivity contribution in [2.75, 3.05) is 0 Å². The standard InChI is InChI=1S/C14H14ClNO2S/c1-2-12-7-8-14(19-12)13(15)9-10-3-5-11(6-4-10)16(17)18/h3-8,13H,2,9H2,1H3. The quantitative estimate of drug-likeness (QED) is 0.454. The van der Waals surface area contributed by atoms with Gasteiger partial charge in [0.15, 0.2) is 0 Å². The van der Waals surface area contributed by atoms with Crippen molar-refractivity contribution in [1.29, 1.82) is 0 Å². The minimum absolute atomic E-state index is 0.0771. The summed E-state index contributed by atoms with van der Waals surface area (Å²) in [4.78, 5) is 12.7. The molecule has 5 heteroatoms. The van der Waals surface area contributed by atoms with Gasteiger partial charge in [-0.05, 0) is 30.5 Å². The fourth-order valence-corrected chi connectivity index (χ4v) is 3.13. The van der Waals surface area contributed by atoms with Crippen molar-refractivity contribution in [3.8, 4) is 0 Å². The fraction of sp³-hybridized carbons (Fsp3) is 0.286. The number of thiophene rings is 1. The van der Waals surface area contributed by atoms with E-state index in [0.29, 0.717) is 6.42 Å². The summed E-state index contributed by atoms with van der Waals surface area (Å²) in [6, 6.07) is 10.7. The molecule has 0 fully saturated rings. The average molecular weight is 296 g/mol. The summed E-state index contributed by atoms with van der Waals surface area (Å²) in [5.41, 5.74) is 1.12. The van der Waals surface area contributed by atoms with Crippen molar-refractivity contribution in [1.82, 2.24) is 0 Å². The van der Waals surface area contributed by atoms with Crippen molar-refractivity contribution < 1.29 is 4.92 Å². The SMILES string of the molecule is CCc1ccc(C(Cl)Cc2ccc([N+](=O)[O-])cc2)s1. The number of nitro benzene ring substituents is 1. The van der Waals surface area contributed by atoms with Gasteiger partial charge in [0, 0.05) is 21.9 Å². The summed E-state index contributed by atoms with van der Waals surface area (Å²) < 4.78 is 0. The Morgan fingerprint density at radius 3 is 2.47 bits per heavy atom. The lowest BCUT2D eigenvalue weighted by Crippen LogP contribution is -1.94. The van der Waals surface area contributed by atoms with Crippen LogP contribution in [0, 0.1) is 10.1 Å². The van der Waals surface area contributed by atoms with Crippen LogP contribution in [0.4, 0.5) is 5.69 Å². The summed E-state index contributed by atoms with van der Waals surface area (Å²) in [5.74, 6) is 0. The topological polar surface area (TPSA) is 43.1 Å². The van der Waals surface area contributed by atoms with Gasteiger partial charge in [0.25, 0.3) is 5.69 Å². The van der Waals surface area contributed by atoms with E-state index in [1.807, 2.05) is 0 Å². The molecule has 0 saturated carbocycles. The first kappa shape index (κ1) is 14.0. The van der Waals surface area contributed by atoms with Crippen LogP contribution in [-0.4, -0.2) is 4.92 Å². The summed E-state index contributed by atoms with van der Waals surface area (Å²) in [6.07, 6.45) is 1.70. The van der Waals surface area contributed by atoms with Crippen molar-refractivity contribution in [2.24, 2.45) is 0 Å². The van der Waals surface area contributed by atoms with E-state index in [4.69, 9.17) is 11.6 Å². The monoisotopic (exact) mass is 295 g/mol. The van der Waals surface area contributed by atoms with Crippen molar-refractivity contribution in [2.45, 2.75) is 25.1 Å². The Balaban J connectivity index is 2.05. The highest BCUT2D eigenvalue weighted by Crippen LogP contribution is 2.31. The van der Waals surface area contributed by atoms with Gasteiger partial charge in [0.05, 0.1) is 10.3 Å². The number of non-ortho nitro benzene ring substituents is 1. The number of aryl methyl sites for hydroxylation is 1. The molecule has 0 aliphatic carbocycles. The summed E-state index contributed by atoms with van der Waals surface area (Å²) in [5, 5.41) is 10.5. The molecule has 1 aromatic carbocycles. The van der Waals surface area contributed by atoms with Gasteiger partial charge in [0.2, 0.25) is 0 Å². The molecule has 19 heavy (non-hydrogen) atoms. The Hall–Kier alpha value is -1.39. The summed E-state index contributed by atoms with van der Waals surface area (Å²) >= 11 is 8.12. The Morgan fingerprint density at radius 1 is 1.26 bits per heavy atom. The number of benzene rings is 1. The van der Waals surface area contributed by atoms with Crippen LogP contribution in [0.5, 0.6) is 0 Å². The average Bonchev–Trinajstić information content (AvgIpc) is 2.88. The first-order chi connectivity index (χ1) is 9.10. The Bertz CT molecular complexity index is 565. The molecule has 0 bridgehead atoms. The zero-order chi connectivity index (χ0) is 13.8. The molecule has 0 aliphatic rings. The normalized spacial score (nSPS) is 12.3. The zero-order valence-electron chi connectivity index (χ0n) is 10.5. The van der Waals surface area contributed by atoms with Gasteiger partial charge in [-0.1, -0.05) is 19.1 Å². The van der Waals surface area contributed by atoms with Crippen LogP contribution in [0.15, 0.2) is 36.4 Å². The highest BCUT2D eigenvalue weighted by Gasteiger charge is 2.12. The highest BCUT2D eigenvalue weighted by molar-refractivity contribution is 7.12. The van der Waals surface area contributed by atoms with E-state index in [1.54, 1.807) is 23.5 Å². The molecule has 0 aliphatic heterocycles. The van der Waals surface area contributed by atoms with Crippen LogP contribution in [0.3, 0.4) is 0 Å². The van der Waals surface area contributed by atoms with E-state index in [9.17, 15) is 10.1 Å². The van der Waals surface area contributed by atoms with Gasteiger partial charge in [-0.25, -0.2) is 0 Å². The number of rotatable bonds is 5. The van der Waals surface area contributed by atoms with E-state index in [0.717, 1.165) is 16.9 Å². The smallest absolute Gasteiger partial charge is 0.258 e. The van der Waals surface area contributed by atoms with Crippen LogP contribution in [0.1, 0.15) is 27.6 Å². The van der Waals surface area contributed by atoms with Crippen molar-refractivity contribution in [3.05, 3.63) is 61.8 Å². The molecular formula is C14H14ClNO2S. The minimum atomic E-state index is -0.394. The van der Waals surface area contributed by atoms with Gasteiger partial charge >= 0.3 is 0 Å². The van der Waals surface area contributed by atoms with Crippen LogP contribution in [0.25, 0.3) is 0 Å². The number of nitrogens with zero attached hydrogens (tertiary/aromatic N) is 1. The predicted molar refractivity (Wildman–Crippen MR) is 79.1 cm³/mol. The Labute approximate surface area is 121 Å². The molecule has 0 N–H and O–H groups in total. The molecule has 0 spiro atoms. The van der Waals surface area contributed by atoms with Gasteiger partial charge in [-0.3, -0.25) is 10.1 Å². The van der Waals surface area contributed by atoms with Crippen molar-refractivity contribution >= 4 is 28.6 Å². The maximum Gasteiger partial charge on any atom is 0.269 e. The lowest BCUT2D eigenvalue weighted by molar-refractivity contribution is -0.384. The summed E-state index contributed by atoms with van der Waals surface area (Å²) in [7, 11) is 0. The van der Waals surface area contributed by atoms with E-state index < -0.39 is 4.92 Å².